The highest BCUT2D eigenvalue weighted by atomic mass is 16.5. The normalized spacial score (nSPS) is 22.0. The van der Waals surface area contributed by atoms with Gasteiger partial charge in [0.1, 0.15) is 0 Å². The monoisotopic (exact) mass is 289 g/mol. The van der Waals surface area contributed by atoms with Crippen LogP contribution in [0.4, 0.5) is 5.69 Å². The summed E-state index contributed by atoms with van der Waals surface area (Å²) in [6.07, 6.45) is 4.56. The van der Waals surface area contributed by atoms with Crippen molar-refractivity contribution in [3.63, 3.8) is 0 Å². The summed E-state index contributed by atoms with van der Waals surface area (Å²) in [5, 5.41) is 0. The van der Waals surface area contributed by atoms with Gasteiger partial charge in [-0.15, -0.1) is 0 Å². The maximum Gasteiger partial charge on any atom is 0.0594 e. The van der Waals surface area contributed by atoms with E-state index in [1.165, 1.54) is 24.2 Å². The molecule has 116 valence electrons. The zero-order valence-corrected chi connectivity index (χ0v) is 13.3. The number of anilines is 1. The molecule has 0 atom stereocenters. The van der Waals surface area contributed by atoms with Gasteiger partial charge in [-0.1, -0.05) is 13.8 Å². The number of rotatable bonds is 3. The second kappa shape index (κ2) is 6.75. The Morgan fingerprint density at radius 3 is 2.38 bits per heavy atom. The SMILES string of the molecule is CC(C)c1ccc(N2CCC(N3CCOCC3)CC2)cn1. The topological polar surface area (TPSA) is 28.6 Å². The van der Waals surface area contributed by atoms with Crippen LogP contribution in [-0.2, 0) is 4.74 Å². The van der Waals surface area contributed by atoms with E-state index >= 15 is 0 Å². The van der Waals surface area contributed by atoms with Crippen LogP contribution in [0.5, 0.6) is 0 Å². The molecule has 2 aliphatic heterocycles. The van der Waals surface area contributed by atoms with Gasteiger partial charge in [-0.25, -0.2) is 0 Å². The second-order valence-electron chi connectivity index (χ2n) is 6.46. The Labute approximate surface area is 128 Å². The van der Waals surface area contributed by atoms with Crippen molar-refractivity contribution in [3.8, 4) is 0 Å². The molecule has 0 unspecified atom stereocenters. The van der Waals surface area contributed by atoms with Crippen molar-refractivity contribution >= 4 is 5.69 Å². The van der Waals surface area contributed by atoms with Crippen LogP contribution in [0.25, 0.3) is 0 Å². The van der Waals surface area contributed by atoms with Crippen LogP contribution in [0.1, 0.15) is 38.3 Å². The summed E-state index contributed by atoms with van der Waals surface area (Å²) < 4.78 is 5.45. The van der Waals surface area contributed by atoms with Crippen molar-refractivity contribution in [3.05, 3.63) is 24.0 Å². The average molecular weight is 289 g/mol. The first-order valence-corrected chi connectivity index (χ1v) is 8.27. The van der Waals surface area contributed by atoms with Crippen LogP contribution < -0.4 is 4.90 Å². The van der Waals surface area contributed by atoms with Crippen LogP contribution in [0.15, 0.2) is 18.3 Å². The predicted molar refractivity (Wildman–Crippen MR) is 86.0 cm³/mol. The quantitative estimate of drug-likeness (QED) is 0.855. The summed E-state index contributed by atoms with van der Waals surface area (Å²) in [6, 6.07) is 5.15. The smallest absolute Gasteiger partial charge is 0.0594 e. The third-order valence-electron chi connectivity index (χ3n) is 4.75. The number of aromatic nitrogens is 1. The highest BCUT2D eigenvalue weighted by Gasteiger charge is 2.25. The molecule has 0 N–H and O–H groups in total. The van der Waals surface area contributed by atoms with Gasteiger partial charge in [-0.3, -0.25) is 9.88 Å². The Morgan fingerprint density at radius 1 is 1.10 bits per heavy atom. The molecule has 4 nitrogen and oxygen atoms in total. The van der Waals surface area contributed by atoms with Crippen molar-refractivity contribution in [2.45, 2.75) is 38.6 Å². The summed E-state index contributed by atoms with van der Waals surface area (Å²) >= 11 is 0. The van der Waals surface area contributed by atoms with Crippen molar-refractivity contribution in [2.75, 3.05) is 44.3 Å². The van der Waals surface area contributed by atoms with Gasteiger partial charge >= 0.3 is 0 Å². The Kier molecular flexibility index (Phi) is 4.76. The van der Waals surface area contributed by atoms with Gasteiger partial charge in [-0.2, -0.15) is 0 Å². The molecule has 0 radical (unpaired) electrons. The second-order valence-corrected chi connectivity index (χ2v) is 6.46. The molecule has 0 spiro atoms. The van der Waals surface area contributed by atoms with Crippen molar-refractivity contribution in [1.82, 2.24) is 9.88 Å². The lowest BCUT2D eigenvalue weighted by Crippen LogP contribution is -2.49. The molecule has 0 aromatic carbocycles. The number of hydrogen-bond acceptors (Lipinski definition) is 4. The molecule has 3 heterocycles. The van der Waals surface area contributed by atoms with E-state index in [9.17, 15) is 0 Å². The number of nitrogens with zero attached hydrogens (tertiary/aromatic N) is 3. The zero-order chi connectivity index (χ0) is 14.7. The van der Waals surface area contributed by atoms with Crippen LogP contribution in [0, 0.1) is 0 Å². The van der Waals surface area contributed by atoms with Gasteiger partial charge < -0.3 is 9.64 Å². The number of ether oxygens (including phenoxy) is 1. The van der Waals surface area contributed by atoms with E-state index in [-0.39, 0.29) is 0 Å². The first-order valence-electron chi connectivity index (χ1n) is 8.27. The number of hydrogen-bond donors (Lipinski definition) is 0. The Hall–Kier alpha value is -1.13. The van der Waals surface area contributed by atoms with E-state index in [4.69, 9.17) is 4.74 Å². The molecule has 1 aromatic heterocycles. The van der Waals surface area contributed by atoms with Crippen molar-refractivity contribution < 1.29 is 4.74 Å². The molecule has 0 amide bonds. The fourth-order valence-corrected chi connectivity index (χ4v) is 3.36. The van der Waals surface area contributed by atoms with E-state index in [1.807, 2.05) is 6.20 Å². The average Bonchev–Trinajstić information content (AvgIpc) is 2.56. The van der Waals surface area contributed by atoms with E-state index in [0.29, 0.717) is 5.92 Å². The van der Waals surface area contributed by atoms with Gasteiger partial charge in [-0.05, 0) is 30.9 Å². The van der Waals surface area contributed by atoms with E-state index in [1.54, 1.807) is 0 Å². The number of pyridine rings is 1. The third kappa shape index (κ3) is 3.55. The Morgan fingerprint density at radius 2 is 1.81 bits per heavy atom. The summed E-state index contributed by atoms with van der Waals surface area (Å²) in [4.78, 5) is 9.69. The minimum absolute atomic E-state index is 0.506. The molecular formula is C17H27N3O. The van der Waals surface area contributed by atoms with Crippen molar-refractivity contribution in [1.29, 1.82) is 0 Å². The molecule has 0 saturated carbocycles. The third-order valence-corrected chi connectivity index (χ3v) is 4.75. The lowest BCUT2D eigenvalue weighted by Gasteiger charge is -2.40. The summed E-state index contributed by atoms with van der Waals surface area (Å²) in [7, 11) is 0. The maximum atomic E-state index is 5.45. The first-order chi connectivity index (χ1) is 10.2. The zero-order valence-electron chi connectivity index (χ0n) is 13.3. The van der Waals surface area contributed by atoms with Crippen LogP contribution >= 0.6 is 0 Å². The molecule has 2 saturated heterocycles. The highest BCUT2D eigenvalue weighted by molar-refractivity contribution is 5.45. The lowest BCUT2D eigenvalue weighted by molar-refractivity contribution is 0.0115. The molecular weight excluding hydrogens is 262 g/mol. The van der Waals surface area contributed by atoms with E-state index in [2.05, 4.69) is 40.8 Å². The van der Waals surface area contributed by atoms with Crippen LogP contribution in [-0.4, -0.2) is 55.3 Å². The minimum Gasteiger partial charge on any atom is -0.379 e. The first kappa shape index (κ1) is 14.8. The molecule has 2 fully saturated rings. The van der Waals surface area contributed by atoms with Gasteiger partial charge in [0, 0.05) is 37.9 Å². The summed E-state index contributed by atoms with van der Waals surface area (Å²) in [5.74, 6) is 0.506. The maximum absolute atomic E-state index is 5.45. The lowest BCUT2D eigenvalue weighted by atomic mass is 10.0. The highest BCUT2D eigenvalue weighted by Crippen LogP contribution is 2.23. The van der Waals surface area contributed by atoms with E-state index < -0.39 is 0 Å². The molecule has 3 rings (SSSR count). The standard InChI is InChI=1S/C17H27N3O/c1-14(2)17-4-3-16(13-18-17)19-7-5-15(6-8-19)20-9-11-21-12-10-20/h3-4,13-15H,5-12H2,1-2H3. The molecule has 21 heavy (non-hydrogen) atoms. The minimum atomic E-state index is 0.506. The van der Waals surface area contributed by atoms with Crippen LogP contribution in [0.2, 0.25) is 0 Å². The Balaban J connectivity index is 1.55. The summed E-state index contributed by atoms with van der Waals surface area (Å²) in [5.41, 5.74) is 2.46. The summed E-state index contributed by atoms with van der Waals surface area (Å²) in [6.45, 7) is 10.7. The molecule has 0 bridgehead atoms. The molecule has 1 aromatic rings. The van der Waals surface area contributed by atoms with Gasteiger partial charge in [0.05, 0.1) is 25.1 Å². The van der Waals surface area contributed by atoms with E-state index in [0.717, 1.165) is 45.4 Å². The van der Waals surface area contributed by atoms with Gasteiger partial charge in [0.15, 0.2) is 0 Å². The predicted octanol–water partition coefficient (Wildman–Crippen LogP) is 2.51. The number of piperidine rings is 1. The Bertz CT molecular complexity index is 432. The fourth-order valence-electron chi connectivity index (χ4n) is 3.36. The number of morpholine rings is 1. The molecule has 2 aliphatic rings. The molecule has 0 aliphatic carbocycles. The van der Waals surface area contributed by atoms with Crippen LogP contribution in [0.3, 0.4) is 0 Å². The van der Waals surface area contributed by atoms with Crippen molar-refractivity contribution in [2.24, 2.45) is 0 Å². The fraction of sp³-hybridized carbons (Fsp3) is 0.706. The van der Waals surface area contributed by atoms with Gasteiger partial charge in [0.25, 0.3) is 0 Å². The largest absolute Gasteiger partial charge is 0.379 e. The van der Waals surface area contributed by atoms with Gasteiger partial charge in [0.2, 0.25) is 0 Å². The molecule has 4 heteroatoms.